The maximum atomic E-state index is 10.1. The van der Waals surface area contributed by atoms with E-state index in [9.17, 15) is 14.7 Å². The lowest BCUT2D eigenvalue weighted by atomic mass is 9.95. The van der Waals surface area contributed by atoms with Crippen molar-refractivity contribution in [2.24, 2.45) is 0 Å². The first-order valence-corrected chi connectivity index (χ1v) is 10.6. The summed E-state index contributed by atoms with van der Waals surface area (Å²) in [5, 5.41) is 31.6. The molecule has 1 saturated carbocycles. The fraction of sp³-hybridized carbons (Fsp3) is 0.417. The van der Waals surface area contributed by atoms with E-state index in [1.165, 1.54) is 37.5 Å². The SMILES string of the molecule is O=C(O)/C=C\C(=O)O.OC(CCNC1CCCCC1)COc1cccc2ccccc12. The van der Waals surface area contributed by atoms with E-state index in [1.54, 1.807) is 0 Å². The molecule has 168 valence electrons. The molecule has 0 bridgehead atoms. The Morgan fingerprint density at radius 1 is 1.00 bits per heavy atom. The van der Waals surface area contributed by atoms with Crippen molar-refractivity contribution >= 4 is 22.7 Å². The lowest BCUT2D eigenvalue weighted by Crippen LogP contribution is -2.34. The minimum atomic E-state index is -1.26. The Kier molecular flexibility index (Phi) is 10.5. The van der Waals surface area contributed by atoms with Gasteiger partial charge in [0.25, 0.3) is 0 Å². The van der Waals surface area contributed by atoms with Crippen LogP contribution in [0.4, 0.5) is 0 Å². The molecule has 31 heavy (non-hydrogen) atoms. The number of ether oxygens (including phenoxy) is 1. The van der Waals surface area contributed by atoms with Gasteiger partial charge in [-0.05, 0) is 37.3 Å². The fourth-order valence-electron chi connectivity index (χ4n) is 3.49. The van der Waals surface area contributed by atoms with Crippen molar-refractivity contribution in [1.82, 2.24) is 5.32 Å². The molecular formula is C24H31NO6. The highest BCUT2D eigenvalue weighted by Gasteiger charge is 2.13. The zero-order valence-electron chi connectivity index (χ0n) is 17.6. The van der Waals surface area contributed by atoms with Gasteiger partial charge in [-0.2, -0.15) is 0 Å². The average Bonchev–Trinajstić information content (AvgIpc) is 2.77. The van der Waals surface area contributed by atoms with Crippen LogP contribution in [0.15, 0.2) is 54.6 Å². The summed E-state index contributed by atoms with van der Waals surface area (Å²) in [7, 11) is 0. The van der Waals surface area contributed by atoms with Crippen molar-refractivity contribution in [2.45, 2.75) is 50.7 Å². The molecule has 1 fully saturated rings. The highest BCUT2D eigenvalue weighted by atomic mass is 16.5. The van der Waals surface area contributed by atoms with E-state index < -0.39 is 18.0 Å². The summed E-state index contributed by atoms with van der Waals surface area (Å²) in [5.74, 6) is -1.66. The third-order valence-electron chi connectivity index (χ3n) is 5.07. The van der Waals surface area contributed by atoms with Gasteiger partial charge in [0.15, 0.2) is 0 Å². The summed E-state index contributed by atoms with van der Waals surface area (Å²) in [4.78, 5) is 19.1. The van der Waals surface area contributed by atoms with E-state index in [4.69, 9.17) is 14.9 Å². The summed E-state index contributed by atoms with van der Waals surface area (Å²) in [6.07, 6.45) is 8.04. The van der Waals surface area contributed by atoms with Crippen LogP contribution in [0.3, 0.4) is 0 Å². The van der Waals surface area contributed by atoms with Crippen LogP contribution in [0, 0.1) is 0 Å². The van der Waals surface area contributed by atoms with Crippen LogP contribution in [-0.4, -0.2) is 52.6 Å². The molecule has 4 N–H and O–H groups in total. The molecule has 7 nitrogen and oxygen atoms in total. The van der Waals surface area contributed by atoms with E-state index in [0.29, 0.717) is 24.8 Å². The predicted octanol–water partition coefficient (Wildman–Crippen LogP) is 3.60. The number of nitrogens with one attached hydrogen (secondary N) is 1. The van der Waals surface area contributed by atoms with Gasteiger partial charge in [-0.15, -0.1) is 0 Å². The monoisotopic (exact) mass is 429 g/mol. The number of hydrogen-bond donors (Lipinski definition) is 4. The zero-order valence-corrected chi connectivity index (χ0v) is 17.6. The Bertz CT molecular complexity index is 839. The number of carboxylic acids is 2. The number of fused-ring (bicyclic) bond motifs is 1. The Balaban J connectivity index is 0.000000366. The molecule has 0 saturated heterocycles. The van der Waals surface area contributed by atoms with Crippen molar-refractivity contribution in [1.29, 1.82) is 0 Å². The van der Waals surface area contributed by atoms with E-state index in [2.05, 4.69) is 23.5 Å². The van der Waals surface area contributed by atoms with Crippen molar-refractivity contribution in [2.75, 3.05) is 13.2 Å². The lowest BCUT2D eigenvalue weighted by molar-refractivity contribution is -0.134. The normalized spacial score (nSPS) is 15.3. The summed E-state index contributed by atoms with van der Waals surface area (Å²) in [6, 6.07) is 14.9. The third kappa shape index (κ3) is 9.63. The molecule has 0 heterocycles. The second kappa shape index (κ2) is 13.4. The maximum Gasteiger partial charge on any atom is 0.328 e. The quantitative estimate of drug-likeness (QED) is 0.450. The highest BCUT2D eigenvalue weighted by molar-refractivity contribution is 5.89. The van der Waals surface area contributed by atoms with Gasteiger partial charge < -0.3 is 25.4 Å². The molecule has 0 radical (unpaired) electrons. The number of carbonyl (C=O) groups is 2. The summed E-state index contributed by atoms with van der Waals surface area (Å²) in [5.41, 5.74) is 0. The van der Waals surface area contributed by atoms with Gasteiger partial charge in [0.2, 0.25) is 0 Å². The van der Waals surface area contributed by atoms with E-state index in [0.717, 1.165) is 24.1 Å². The second-order valence-corrected chi connectivity index (χ2v) is 7.53. The number of aliphatic hydroxyl groups excluding tert-OH is 1. The van der Waals surface area contributed by atoms with Crippen molar-refractivity contribution in [3.63, 3.8) is 0 Å². The predicted molar refractivity (Wildman–Crippen MR) is 119 cm³/mol. The first-order valence-electron chi connectivity index (χ1n) is 10.6. The first kappa shape index (κ1) is 24.4. The molecule has 1 atom stereocenters. The van der Waals surface area contributed by atoms with Gasteiger partial charge >= 0.3 is 11.9 Å². The Morgan fingerprint density at radius 3 is 2.32 bits per heavy atom. The Labute approximate surface area is 182 Å². The van der Waals surface area contributed by atoms with Crippen molar-refractivity contribution in [3.05, 3.63) is 54.6 Å². The number of hydrogen-bond acceptors (Lipinski definition) is 5. The highest BCUT2D eigenvalue weighted by Crippen LogP contribution is 2.25. The van der Waals surface area contributed by atoms with Crippen molar-refractivity contribution in [3.8, 4) is 5.75 Å². The standard InChI is InChI=1S/C20H27NO2.C4H4O4/c22-18(13-14-21-17-9-2-1-3-10-17)15-23-20-12-6-8-16-7-4-5-11-19(16)20;5-3(6)1-2-4(7)8/h4-8,11-12,17-18,21-22H,1-3,9-10,13-15H2;1-2H,(H,5,6)(H,7,8)/b;2-1-. The van der Waals surface area contributed by atoms with E-state index in [-0.39, 0.29) is 0 Å². The average molecular weight is 430 g/mol. The van der Waals surface area contributed by atoms with Gasteiger partial charge in [-0.1, -0.05) is 55.7 Å². The molecule has 7 heteroatoms. The van der Waals surface area contributed by atoms with Crippen LogP contribution in [0.1, 0.15) is 38.5 Å². The van der Waals surface area contributed by atoms with Crippen LogP contribution < -0.4 is 10.1 Å². The van der Waals surface area contributed by atoms with E-state index in [1.807, 2.05) is 24.3 Å². The molecule has 0 amide bonds. The Morgan fingerprint density at radius 2 is 1.65 bits per heavy atom. The van der Waals surface area contributed by atoms with Crippen LogP contribution in [-0.2, 0) is 9.59 Å². The molecule has 1 aliphatic carbocycles. The molecule has 1 aliphatic rings. The Hall–Kier alpha value is -2.90. The number of aliphatic hydroxyl groups is 1. The molecule has 2 aromatic carbocycles. The molecule has 0 aliphatic heterocycles. The van der Waals surface area contributed by atoms with Crippen LogP contribution >= 0.6 is 0 Å². The van der Waals surface area contributed by atoms with Gasteiger partial charge in [0, 0.05) is 23.6 Å². The molecular weight excluding hydrogens is 398 g/mol. The number of carboxylic acid groups (broad SMARTS) is 2. The minimum absolute atomic E-state index is 0.348. The summed E-state index contributed by atoms with van der Waals surface area (Å²) in [6.45, 7) is 1.21. The van der Waals surface area contributed by atoms with Crippen LogP contribution in [0.25, 0.3) is 10.8 Å². The number of benzene rings is 2. The molecule has 1 unspecified atom stereocenters. The van der Waals surface area contributed by atoms with E-state index >= 15 is 0 Å². The molecule has 0 spiro atoms. The van der Waals surface area contributed by atoms with Gasteiger partial charge in [0.1, 0.15) is 12.4 Å². The summed E-state index contributed by atoms with van der Waals surface area (Å²) >= 11 is 0. The van der Waals surface area contributed by atoms with Crippen molar-refractivity contribution < 1.29 is 29.6 Å². The number of rotatable bonds is 9. The van der Waals surface area contributed by atoms with Gasteiger partial charge in [-0.25, -0.2) is 9.59 Å². The number of aliphatic carboxylic acids is 2. The smallest absolute Gasteiger partial charge is 0.328 e. The lowest BCUT2D eigenvalue weighted by Gasteiger charge is -2.23. The largest absolute Gasteiger partial charge is 0.490 e. The zero-order chi connectivity index (χ0) is 22.5. The minimum Gasteiger partial charge on any atom is -0.490 e. The van der Waals surface area contributed by atoms with Crippen LogP contribution in [0.5, 0.6) is 5.75 Å². The fourth-order valence-corrected chi connectivity index (χ4v) is 3.49. The van der Waals surface area contributed by atoms with Gasteiger partial charge in [0.05, 0.1) is 6.10 Å². The molecule has 0 aromatic heterocycles. The van der Waals surface area contributed by atoms with Crippen LogP contribution in [0.2, 0.25) is 0 Å². The molecule has 2 aromatic rings. The topological polar surface area (TPSA) is 116 Å². The summed E-state index contributed by atoms with van der Waals surface area (Å²) < 4.78 is 5.85. The van der Waals surface area contributed by atoms with Gasteiger partial charge in [-0.3, -0.25) is 0 Å². The molecule has 3 rings (SSSR count). The maximum absolute atomic E-state index is 10.1. The third-order valence-corrected chi connectivity index (χ3v) is 5.07. The first-order chi connectivity index (χ1) is 15.0. The second-order valence-electron chi connectivity index (χ2n) is 7.53.